The molecule has 0 radical (unpaired) electrons. The molecule has 1 aliphatic rings. The Hall–Kier alpha value is -2.71. The number of hydrogen-bond acceptors (Lipinski definition) is 5. The average molecular weight is 454 g/mol. The molecule has 178 valence electrons. The van der Waals surface area contributed by atoms with Crippen LogP contribution in [-0.4, -0.2) is 48.8 Å². The second-order valence-electron chi connectivity index (χ2n) is 8.44. The third-order valence-corrected chi connectivity index (χ3v) is 5.81. The van der Waals surface area contributed by atoms with Gasteiger partial charge >= 0.3 is 6.03 Å². The summed E-state index contributed by atoms with van der Waals surface area (Å²) in [5.74, 6) is 0.102. The summed E-state index contributed by atoms with van der Waals surface area (Å²) in [6, 6.07) is 15.2. The highest BCUT2D eigenvalue weighted by Gasteiger charge is 2.38. The van der Waals surface area contributed by atoms with Crippen molar-refractivity contribution in [1.29, 1.82) is 0 Å². The first-order valence-corrected chi connectivity index (χ1v) is 11.4. The minimum absolute atomic E-state index is 0.00741. The second-order valence-corrected chi connectivity index (χ2v) is 8.44. The highest BCUT2D eigenvalue weighted by molar-refractivity contribution is 5.89. The van der Waals surface area contributed by atoms with Gasteiger partial charge < -0.3 is 30.1 Å². The number of anilines is 1. The van der Waals surface area contributed by atoms with Crippen LogP contribution in [0.25, 0.3) is 0 Å². The van der Waals surface area contributed by atoms with Crippen LogP contribution >= 0.6 is 0 Å². The molecule has 7 heteroatoms. The number of nitrogens with one attached hydrogen (secondary N) is 2. The van der Waals surface area contributed by atoms with Gasteiger partial charge in [-0.2, -0.15) is 0 Å². The number of aliphatic hydroxyl groups is 1. The minimum Gasteiger partial charge on any atom is -0.392 e. The van der Waals surface area contributed by atoms with E-state index in [1.54, 1.807) is 0 Å². The lowest BCUT2D eigenvalue weighted by molar-refractivity contribution is -0.275. The Labute approximate surface area is 196 Å². The zero-order valence-corrected chi connectivity index (χ0v) is 19.7. The standard InChI is InChI=1S/C26H35N3O4/c1-5-14-29(4)16-23-18(3)24(20-12-10-19(17-30)11-13-20)33-25(32-23)21-8-7-9-22(15-21)28-26(31)27-6-2/h5,7-13,15,18,23-25,30H,1,6,14,16-17H2,2-4H3,(H2,27,28,31)/t18-,23+,24+,25+/m0/s1. The monoisotopic (exact) mass is 453 g/mol. The van der Waals surface area contributed by atoms with E-state index in [0.717, 1.165) is 29.8 Å². The van der Waals surface area contributed by atoms with Crippen LogP contribution in [0, 0.1) is 5.92 Å². The molecule has 0 bridgehead atoms. The summed E-state index contributed by atoms with van der Waals surface area (Å²) < 4.78 is 12.9. The van der Waals surface area contributed by atoms with Crippen molar-refractivity contribution in [2.75, 3.05) is 32.0 Å². The van der Waals surface area contributed by atoms with E-state index in [-0.39, 0.29) is 30.8 Å². The molecular formula is C26H35N3O4. The molecule has 7 nitrogen and oxygen atoms in total. The van der Waals surface area contributed by atoms with E-state index in [2.05, 4.69) is 29.0 Å². The van der Waals surface area contributed by atoms with E-state index < -0.39 is 6.29 Å². The van der Waals surface area contributed by atoms with Crippen LogP contribution in [0.3, 0.4) is 0 Å². The quantitative estimate of drug-likeness (QED) is 0.495. The highest BCUT2D eigenvalue weighted by Crippen LogP contribution is 2.42. The maximum Gasteiger partial charge on any atom is 0.319 e. The number of benzene rings is 2. The number of rotatable bonds is 9. The molecule has 3 N–H and O–H groups in total. The number of urea groups is 1. The number of hydrogen-bond donors (Lipinski definition) is 3. The smallest absolute Gasteiger partial charge is 0.319 e. The number of aliphatic hydroxyl groups excluding tert-OH is 1. The van der Waals surface area contributed by atoms with E-state index in [1.807, 2.05) is 68.6 Å². The lowest BCUT2D eigenvalue weighted by Crippen LogP contribution is -2.43. The summed E-state index contributed by atoms with van der Waals surface area (Å²) in [6.45, 7) is 9.90. The average Bonchev–Trinajstić information content (AvgIpc) is 2.81. The molecule has 2 amide bonds. The van der Waals surface area contributed by atoms with Gasteiger partial charge in [-0.1, -0.05) is 49.4 Å². The summed E-state index contributed by atoms with van der Waals surface area (Å²) in [6.07, 6.45) is 1.04. The molecule has 2 aromatic carbocycles. The van der Waals surface area contributed by atoms with Crippen LogP contribution in [0.1, 0.15) is 42.9 Å². The molecule has 1 fully saturated rings. The van der Waals surface area contributed by atoms with Crippen molar-refractivity contribution in [3.05, 3.63) is 77.9 Å². The van der Waals surface area contributed by atoms with Gasteiger partial charge in [-0.15, -0.1) is 6.58 Å². The van der Waals surface area contributed by atoms with Crippen LogP contribution in [0.2, 0.25) is 0 Å². The van der Waals surface area contributed by atoms with Crippen LogP contribution in [0.5, 0.6) is 0 Å². The van der Waals surface area contributed by atoms with Crippen LogP contribution in [0.15, 0.2) is 61.2 Å². The predicted molar refractivity (Wildman–Crippen MR) is 130 cm³/mol. The van der Waals surface area contributed by atoms with Crippen molar-refractivity contribution in [3.63, 3.8) is 0 Å². The van der Waals surface area contributed by atoms with Gasteiger partial charge in [0.2, 0.25) is 0 Å². The van der Waals surface area contributed by atoms with Crippen LogP contribution in [0.4, 0.5) is 10.5 Å². The van der Waals surface area contributed by atoms with Gasteiger partial charge in [0.1, 0.15) is 0 Å². The molecule has 0 unspecified atom stereocenters. The van der Waals surface area contributed by atoms with Gasteiger partial charge in [0.25, 0.3) is 0 Å². The molecule has 1 heterocycles. The normalized spacial score (nSPS) is 22.7. The highest BCUT2D eigenvalue weighted by atomic mass is 16.7. The summed E-state index contributed by atoms with van der Waals surface area (Å²) in [5, 5.41) is 15.0. The molecule has 0 aromatic heterocycles. The Kier molecular flexibility index (Phi) is 9.03. The first-order chi connectivity index (χ1) is 15.9. The Morgan fingerprint density at radius 1 is 1.18 bits per heavy atom. The minimum atomic E-state index is -0.582. The summed E-state index contributed by atoms with van der Waals surface area (Å²) >= 11 is 0. The molecule has 2 aromatic rings. The first kappa shape index (κ1) is 24.9. The van der Waals surface area contributed by atoms with E-state index in [4.69, 9.17) is 9.47 Å². The number of ether oxygens (including phenoxy) is 2. The third kappa shape index (κ3) is 6.65. The lowest BCUT2D eigenvalue weighted by Gasteiger charge is -2.42. The zero-order chi connectivity index (χ0) is 23.8. The molecule has 33 heavy (non-hydrogen) atoms. The van der Waals surface area contributed by atoms with E-state index in [1.165, 1.54) is 0 Å². The zero-order valence-electron chi connectivity index (χ0n) is 19.7. The fourth-order valence-electron chi connectivity index (χ4n) is 4.03. The molecule has 3 rings (SSSR count). The van der Waals surface area contributed by atoms with Crippen molar-refractivity contribution in [2.24, 2.45) is 5.92 Å². The van der Waals surface area contributed by atoms with Gasteiger partial charge in [0.15, 0.2) is 6.29 Å². The van der Waals surface area contributed by atoms with Crippen molar-refractivity contribution in [2.45, 2.75) is 39.0 Å². The molecule has 1 saturated heterocycles. The van der Waals surface area contributed by atoms with E-state index in [0.29, 0.717) is 12.2 Å². The Bertz CT molecular complexity index is 918. The number of carbonyl (C=O) groups excluding carboxylic acids is 1. The SMILES string of the molecule is C=CCN(C)C[C@H]1O[C@@H](c2cccc(NC(=O)NCC)c2)O[C@@H](c2ccc(CO)cc2)[C@H]1C. The fraction of sp³-hybridized carbons (Fsp3) is 0.423. The number of nitrogens with zero attached hydrogens (tertiary/aromatic N) is 1. The Morgan fingerprint density at radius 2 is 1.94 bits per heavy atom. The lowest BCUT2D eigenvalue weighted by atomic mass is 9.90. The molecule has 1 aliphatic heterocycles. The van der Waals surface area contributed by atoms with Crippen molar-refractivity contribution >= 4 is 11.7 Å². The third-order valence-electron chi connectivity index (χ3n) is 5.81. The summed E-state index contributed by atoms with van der Waals surface area (Å²) in [7, 11) is 2.05. The topological polar surface area (TPSA) is 83.1 Å². The van der Waals surface area contributed by atoms with Crippen LogP contribution in [-0.2, 0) is 16.1 Å². The Balaban J connectivity index is 1.87. The second kappa shape index (κ2) is 12.0. The van der Waals surface area contributed by atoms with Crippen molar-refractivity contribution in [1.82, 2.24) is 10.2 Å². The van der Waals surface area contributed by atoms with Crippen molar-refractivity contribution < 1.29 is 19.4 Å². The summed E-state index contributed by atoms with van der Waals surface area (Å²) in [4.78, 5) is 14.1. The molecule has 0 aliphatic carbocycles. The largest absolute Gasteiger partial charge is 0.392 e. The number of carbonyl (C=O) groups is 1. The maximum absolute atomic E-state index is 12.0. The van der Waals surface area contributed by atoms with Crippen molar-refractivity contribution in [3.8, 4) is 0 Å². The van der Waals surface area contributed by atoms with Gasteiger partial charge in [0.05, 0.1) is 18.8 Å². The Morgan fingerprint density at radius 3 is 2.61 bits per heavy atom. The van der Waals surface area contributed by atoms with Gasteiger partial charge in [0, 0.05) is 36.8 Å². The van der Waals surface area contributed by atoms with Gasteiger partial charge in [-0.05, 0) is 37.2 Å². The number of likely N-dealkylation sites (N-methyl/N-ethyl adjacent to an activating group) is 1. The predicted octanol–water partition coefficient (Wildman–Crippen LogP) is 4.23. The maximum atomic E-state index is 12.0. The molecule has 4 atom stereocenters. The van der Waals surface area contributed by atoms with Crippen LogP contribution < -0.4 is 10.6 Å². The molecular weight excluding hydrogens is 418 g/mol. The van der Waals surface area contributed by atoms with Gasteiger partial charge in [-0.3, -0.25) is 0 Å². The van der Waals surface area contributed by atoms with E-state index in [9.17, 15) is 9.90 Å². The van der Waals surface area contributed by atoms with Gasteiger partial charge in [-0.25, -0.2) is 4.79 Å². The fourth-order valence-corrected chi connectivity index (χ4v) is 4.03. The molecule has 0 saturated carbocycles. The molecule has 0 spiro atoms. The summed E-state index contributed by atoms with van der Waals surface area (Å²) in [5.41, 5.74) is 3.42. The first-order valence-electron chi connectivity index (χ1n) is 11.4. The van der Waals surface area contributed by atoms with E-state index >= 15 is 0 Å². The number of amides is 2.